The number of carbonyl (C=O) groups is 1. The maximum Gasteiger partial charge on any atom is 0.255 e. The van der Waals surface area contributed by atoms with Crippen LogP contribution in [0.3, 0.4) is 0 Å². The van der Waals surface area contributed by atoms with Gasteiger partial charge in [-0.1, -0.05) is 18.2 Å². The smallest absolute Gasteiger partial charge is 0.255 e. The molecule has 0 aliphatic heterocycles. The van der Waals surface area contributed by atoms with Crippen LogP contribution in [0.5, 0.6) is 17.4 Å². The van der Waals surface area contributed by atoms with Gasteiger partial charge < -0.3 is 14.8 Å². The van der Waals surface area contributed by atoms with Gasteiger partial charge in [0.2, 0.25) is 5.88 Å². The molecule has 0 bridgehead atoms. The summed E-state index contributed by atoms with van der Waals surface area (Å²) in [6.07, 6.45) is 1.40. The fraction of sp³-hybridized carbons (Fsp3) is 0.0417. The highest BCUT2D eigenvalue weighted by Gasteiger charge is 2.10. The molecular weight excluding hydrogens is 397 g/mol. The van der Waals surface area contributed by atoms with Crippen LogP contribution in [0.25, 0.3) is 11.3 Å². The number of ether oxygens (including phenoxy) is 2. The monoisotopic (exact) mass is 415 g/mol. The summed E-state index contributed by atoms with van der Waals surface area (Å²) in [7, 11) is 1.60. The highest BCUT2D eigenvalue weighted by atomic mass is 19.1. The first-order chi connectivity index (χ1) is 15.1. The third kappa shape index (κ3) is 5.02. The highest BCUT2D eigenvalue weighted by Crippen LogP contribution is 2.26. The normalized spacial score (nSPS) is 10.4. The number of hydrogen-bond acceptors (Lipinski definition) is 5. The van der Waals surface area contributed by atoms with Gasteiger partial charge in [-0.25, -0.2) is 14.4 Å². The lowest BCUT2D eigenvalue weighted by atomic mass is 10.1. The molecule has 3 aromatic carbocycles. The molecular formula is C24H18FN3O3. The lowest BCUT2D eigenvalue weighted by molar-refractivity contribution is 0.102. The van der Waals surface area contributed by atoms with Crippen molar-refractivity contribution < 1.29 is 18.7 Å². The van der Waals surface area contributed by atoms with E-state index < -0.39 is 5.82 Å². The Morgan fingerprint density at radius 2 is 1.68 bits per heavy atom. The molecule has 31 heavy (non-hydrogen) atoms. The van der Waals surface area contributed by atoms with E-state index in [2.05, 4.69) is 15.3 Å². The minimum atomic E-state index is -0.420. The van der Waals surface area contributed by atoms with E-state index in [9.17, 15) is 9.18 Å². The SMILES string of the molecule is COc1ccc(Oc2cc(-c3cccc(C(=O)Nc4cccc(F)c4)c3)ncn2)cc1. The maximum absolute atomic E-state index is 13.4. The van der Waals surface area contributed by atoms with E-state index in [1.54, 1.807) is 61.7 Å². The summed E-state index contributed by atoms with van der Waals surface area (Å²) < 4.78 is 24.3. The van der Waals surface area contributed by atoms with E-state index in [0.717, 1.165) is 5.75 Å². The zero-order chi connectivity index (χ0) is 21.6. The first kappa shape index (κ1) is 20.0. The van der Waals surface area contributed by atoms with Gasteiger partial charge in [-0.05, 0) is 54.6 Å². The Balaban J connectivity index is 1.53. The Morgan fingerprint density at radius 1 is 0.903 bits per heavy atom. The summed E-state index contributed by atoms with van der Waals surface area (Å²) in [5.74, 6) is 0.927. The van der Waals surface area contributed by atoms with Crippen LogP contribution in [-0.2, 0) is 0 Å². The standard InChI is InChI=1S/C24H18FN3O3/c1-30-20-8-10-21(11-9-20)31-23-14-22(26-15-27-23)16-4-2-5-17(12-16)24(29)28-19-7-3-6-18(25)13-19/h2-15H,1H3,(H,28,29). The highest BCUT2D eigenvalue weighted by molar-refractivity contribution is 6.04. The largest absolute Gasteiger partial charge is 0.497 e. The first-order valence-electron chi connectivity index (χ1n) is 9.42. The van der Waals surface area contributed by atoms with E-state index >= 15 is 0 Å². The number of benzene rings is 3. The van der Waals surface area contributed by atoms with Crippen LogP contribution in [-0.4, -0.2) is 23.0 Å². The molecule has 0 aliphatic rings. The molecule has 0 saturated carbocycles. The van der Waals surface area contributed by atoms with Gasteiger partial charge in [0.1, 0.15) is 23.6 Å². The molecule has 4 aromatic rings. The quantitative estimate of drug-likeness (QED) is 0.460. The topological polar surface area (TPSA) is 73.3 Å². The molecule has 4 rings (SSSR count). The average molecular weight is 415 g/mol. The maximum atomic E-state index is 13.4. The summed E-state index contributed by atoms with van der Waals surface area (Å²) >= 11 is 0. The van der Waals surface area contributed by atoms with E-state index in [1.807, 2.05) is 6.07 Å². The van der Waals surface area contributed by atoms with Crippen LogP contribution < -0.4 is 14.8 Å². The number of rotatable bonds is 6. The van der Waals surface area contributed by atoms with Crippen molar-refractivity contribution in [1.29, 1.82) is 0 Å². The van der Waals surface area contributed by atoms with Crippen molar-refractivity contribution in [2.24, 2.45) is 0 Å². The molecule has 0 aliphatic carbocycles. The summed E-state index contributed by atoms with van der Waals surface area (Å²) in [5.41, 5.74) is 2.11. The molecule has 1 amide bonds. The Hall–Kier alpha value is -4.26. The van der Waals surface area contributed by atoms with Gasteiger partial charge in [0.05, 0.1) is 12.8 Å². The summed E-state index contributed by atoms with van der Waals surface area (Å²) in [4.78, 5) is 21.0. The second-order valence-electron chi connectivity index (χ2n) is 6.56. The second kappa shape index (κ2) is 9.04. The first-order valence-corrected chi connectivity index (χ1v) is 9.42. The fourth-order valence-electron chi connectivity index (χ4n) is 2.91. The van der Waals surface area contributed by atoms with Gasteiger partial charge in [0.15, 0.2) is 0 Å². The number of nitrogens with one attached hydrogen (secondary N) is 1. The number of methoxy groups -OCH3 is 1. The molecule has 1 N–H and O–H groups in total. The predicted molar refractivity (Wildman–Crippen MR) is 115 cm³/mol. The summed E-state index contributed by atoms with van der Waals surface area (Å²) in [6.45, 7) is 0. The lowest BCUT2D eigenvalue weighted by Crippen LogP contribution is -2.12. The molecule has 0 saturated heterocycles. The van der Waals surface area contributed by atoms with E-state index in [-0.39, 0.29) is 5.91 Å². The van der Waals surface area contributed by atoms with Gasteiger partial charge in [-0.2, -0.15) is 0 Å². The molecule has 0 radical (unpaired) electrons. The summed E-state index contributed by atoms with van der Waals surface area (Å²) in [6, 6.07) is 21.5. The predicted octanol–water partition coefficient (Wildman–Crippen LogP) is 5.34. The molecule has 0 unspecified atom stereocenters. The Kier molecular flexibility index (Phi) is 5.84. The number of amides is 1. The van der Waals surface area contributed by atoms with Crippen molar-refractivity contribution >= 4 is 11.6 Å². The number of anilines is 1. The zero-order valence-corrected chi connectivity index (χ0v) is 16.6. The molecule has 0 fully saturated rings. The van der Waals surface area contributed by atoms with E-state index in [1.165, 1.54) is 24.5 Å². The number of aromatic nitrogens is 2. The molecule has 0 spiro atoms. The molecule has 0 atom stereocenters. The number of halogens is 1. The van der Waals surface area contributed by atoms with Crippen LogP contribution in [0, 0.1) is 5.82 Å². The minimum Gasteiger partial charge on any atom is -0.497 e. The minimum absolute atomic E-state index is 0.351. The number of nitrogens with zero attached hydrogens (tertiary/aromatic N) is 2. The van der Waals surface area contributed by atoms with Crippen LogP contribution in [0.2, 0.25) is 0 Å². The van der Waals surface area contributed by atoms with Crippen LogP contribution in [0.1, 0.15) is 10.4 Å². The third-order valence-corrected chi connectivity index (χ3v) is 4.43. The van der Waals surface area contributed by atoms with Crippen molar-refractivity contribution in [1.82, 2.24) is 9.97 Å². The zero-order valence-electron chi connectivity index (χ0n) is 16.6. The van der Waals surface area contributed by atoms with Crippen molar-refractivity contribution in [3.8, 4) is 28.6 Å². The Bertz CT molecular complexity index is 1210. The molecule has 6 nitrogen and oxygen atoms in total. The fourth-order valence-corrected chi connectivity index (χ4v) is 2.91. The second-order valence-corrected chi connectivity index (χ2v) is 6.56. The molecule has 1 aromatic heterocycles. The molecule has 154 valence electrons. The van der Waals surface area contributed by atoms with Gasteiger partial charge in [-0.15, -0.1) is 0 Å². The summed E-state index contributed by atoms with van der Waals surface area (Å²) in [5, 5.41) is 2.68. The van der Waals surface area contributed by atoms with Crippen LogP contribution in [0.15, 0.2) is 85.2 Å². The average Bonchev–Trinajstić information content (AvgIpc) is 2.80. The molecule has 1 heterocycles. The number of hydrogen-bond donors (Lipinski definition) is 1. The van der Waals surface area contributed by atoms with Crippen LogP contribution >= 0.6 is 0 Å². The molecule has 7 heteroatoms. The van der Waals surface area contributed by atoms with E-state index in [0.29, 0.717) is 34.1 Å². The van der Waals surface area contributed by atoms with Gasteiger partial charge in [0.25, 0.3) is 5.91 Å². The van der Waals surface area contributed by atoms with Crippen molar-refractivity contribution in [3.63, 3.8) is 0 Å². The van der Waals surface area contributed by atoms with Crippen molar-refractivity contribution in [2.75, 3.05) is 12.4 Å². The van der Waals surface area contributed by atoms with Crippen molar-refractivity contribution in [3.05, 3.63) is 96.6 Å². The van der Waals surface area contributed by atoms with E-state index in [4.69, 9.17) is 9.47 Å². The van der Waals surface area contributed by atoms with Gasteiger partial charge in [0, 0.05) is 22.9 Å². The van der Waals surface area contributed by atoms with Crippen LogP contribution in [0.4, 0.5) is 10.1 Å². The number of carbonyl (C=O) groups excluding carboxylic acids is 1. The van der Waals surface area contributed by atoms with Gasteiger partial charge >= 0.3 is 0 Å². The third-order valence-electron chi connectivity index (χ3n) is 4.43. The Labute approximate surface area is 178 Å². The lowest BCUT2D eigenvalue weighted by Gasteiger charge is -2.09. The Morgan fingerprint density at radius 3 is 2.45 bits per heavy atom. The van der Waals surface area contributed by atoms with Crippen molar-refractivity contribution in [2.45, 2.75) is 0 Å². The van der Waals surface area contributed by atoms with Gasteiger partial charge in [-0.3, -0.25) is 4.79 Å².